The fourth-order valence-corrected chi connectivity index (χ4v) is 4.93. The van der Waals surface area contributed by atoms with E-state index in [1.165, 1.54) is 19.3 Å². The van der Waals surface area contributed by atoms with E-state index in [0.29, 0.717) is 29.7 Å². The maximum atomic E-state index is 12.6. The molecule has 0 amide bonds. The van der Waals surface area contributed by atoms with E-state index in [2.05, 4.69) is 0 Å². The van der Waals surface area contributed by atoms with Crippen LogP contribution in [0.4, 0.5) is 0 Å². The van der Waals surface area contributed by atoms with Crippen LogP contribution in [-0.4, -0.2) is 59.7 Å². The number of carbonyl (C=O) groups is 3. The summed E-state index contributed by atoms with van der Waals surface area (Å²) in [6.45, 7) is 9.38. The molecule has 2 rings (SSSR count). The molecular formula is C28H43NO7. The number of esters is 1. The van der Waals surface area contributed by atoms with Gasteiger partial charge in [-0.15, -0.1) is 0 Å². The minimum Gasteiger partial charge on any atom is -0.489 e. The van der Waals surface area contributed by atoms with Crippen molar-refractivity contribution in [3.63, 3.8) is 0 Å². The molecule has 202 valence electrons. The molecule has 8 nitrogen and oxygen atoms in total. The highest BCUT2D eigenvalue weighted by Gasteiger charge is 2.48. The number of hydroxylamine groups is 2. The number of carbonyl (C=O) groups excluding carboxylic acids is 3. The van der Waals surface area contributed by atoms with Crippen molar-refractivity contribution in [3.8, 4) is 0 Å². The molecule has 0 saturated heterocycles. The molecule has 1 heterocycles. The van der Waals surface area contributed by atoms with Gasteiger partial charge in [0.2, 0.25) is 23.1 Å². The third-order valence-corrected chi connectivity index (χ3v) is 7.10. The fourth-order valence-electron chi connectivity index (χ4n) is 4.93. The SMILES string of the molecule is COC1=C(OC)C(=O)C(CCCCCCCCCCOC(=O)C2=CC(C)(C)N(O)C2(C)C)=C(C)C1=O. The first-order valence-electron chi connectivity index (χ1n) is 12.9. The van der Waals surface area contributed by atoms with Crippen molar-refractivity contribution >= 4 is 17.5 Å². The van der Waals surface area contributed by atoms with E-state index in [0.717, 1.165) is 51.4 Å². The molecule has 8 heteroatoms. The van der Waals surface area contributed by atoms with Crippen LogP contribution in [0.1, 0.15) is 92.4 Å². The summed E-state index contributed by atoms with van der Waals surface area (Å²) in [6, 6.07) is 0. The van der Waals surface area contributed by atoms with Gasteiger partial charge in [0.05, 0.1) is 37.5 Å². The van der Waals surface area contributed by atoms with Crippen LogP contribution in [0.5, 0.6) is 0 Å². The van der Waals surface area contributed by atoms with Gasteiger partial charge in [-0.05, 0) is 53.9 Å². The number of methoxy groups -OCH3 is 2. The van der Waals surface area contributed by atoms with Crippen LogP contribution in [0.2, 0.25) is 0 Å². The smallest absolute Gasteiger partial charge is 0.335 e. The lowest BCUT2D eigenvalue weighted by Gasteiger charge is -2.35. The minimum atomic E-state index is -0.773. The molecule has 0 atom stereocenters. The van der Waals surface area contributed by atoms with Crippen LogP contribution in [0, 0.1) is 0 Å². The summed E-state index contributed by atoms with van der Waals surface area (Å²) in [5.74, 6) is -0.912. The lowest BCUT2D eigenvalue weighted by atomic mass is 9.89. The highest BCUT2D eigenvalue weighted by atomic mass is 16.5. The van der Waals surface area contributed by atoms with Gasteiger partial charge >= 0.3 is 5.97 Å². The number of ketones is 2. The zero-order chi connectivity index (χ0) is 27.1. The molecule has 2 aliphatic rings. The van der Waals surface area contributed by atoms with Crippen molar-refractivity contribution in [1.29, 1.82) is 0 Å². The fraction of sp³-hybridized carbons (Fsp3) is 0.679. The molecule has 0 fully saturated rings. The van der Waals surface area contributed by atoms with E-state index in [4.69, 9.17) is 14.2 Å². The predicted molar refractivity (Wildman–Crippen MR) is 136 cm³/mol. The molecule has 36 heavy (non-hydrogen) atoms. The second kappa shape index (κ2) is 12.7. The second-order valence-corrected chi connectivity index (χ2v) is 10.6. The predicted octanol–water partition coefficient (Wildman–Crippen LogP) is 5.20. The Bertz CT molecular complexity index is 940. The van der Waals surface area contributed by atoms with Crippen LogP contribution >= 0.6 is 0 Å². The Labute approximate surface area is 215 Å². The van der Waals surface area contributed by atoms with Gasteiger partial charge in [0.25, 0.3) is 0 Å². The summed E-state index contributed by atoms with van der Waals surface area (Å²) in [5, 5.41) is 11.5. The molecule has 0 spiro atoms. The van der Waals surface area contributed by atoms with Gasteiger partial charge in [0.15, 0.2) is 0 Å². The maximum Gasteiger partial charge on any atom is 0.335 e. The molecule has 0 aromatic rings. The van der Waals surface area contributed by atoms with Gasteiger partial charge in [-0.3, -0.25) is 9.59 Å². The Kier molecular flexibility index (Phi) is 10.5. The van der Waals surface area contributed by atoms with Gasteiger partial charge in [-0.1, -0.05) is 44.6 Å². The van der Waals surface area contributed by atoms with Crippen molar-refractivity contribution in [3.05, 3.63) is 34.3 Å². The Hall–Kier alpha value is -2.45. The summed E-state index contributed by atoms with van der Waals surface area (Å²) >= 11 is 0. The van der Waals surface area contributed by atoms with Crippen molar-refractivity contribution in [2.75, 3.05) is 20.8 Å². The van der Waals surface area contributed by atoms with E-state index < -0.39 is 11.1 Å². The zero-order valence-corrected chi connectivity index (χ0v) is 23.0. The van der Waals surface area contributed by atoms with Crippen LogP contribution in [0.25, 0.3) is 0 Å². The number of allylic oxidation sites excluding steroid dienone is 2. The first kappa shape index (κ1) is 29.8. The Balaban J connectivity index is 1.58. The van der Waals surface area contributed by atoms with Crippen molar-refractivity contribution in [2.24, 2.45) is 0 Å². The zero-order valence-electron chi connectivity index (χ0n) is 23.0. The normalized spacial score (nSPS) is 19.6. The van der Waals surface area contributed by atoms with Crippen molar-refractivity contribution in [1.82, 2.24) is 5.06 Å². The number of nitrogens with zero attached hydrogens (tertiary/aromatic N) is 1. The molecule has 0 aromatic carbocycles. The molecule has 0 aromatic heterocycles. The minimum absolute atomic E-state index is 0.00309. The summed E-state index contributed by atoms with van der Waals surface area (Å²) in [6.07, 6.45) is 10.3. The Morgan fingerprint density at radius 1 is 0.861 bits per heavy atom. The summed E-state index contributed by atoms with van der Waals surface area (Å²) in [4.78, 5) is 37.5. The number of Topliss-reactive ketones (excluding diaryl/α,β-unsaturated/α-hetero) is 2. The summed E-state index contributed by atoms with van der Waals surface area (Å²) < 4.78 is 15.6. The summed E-state index contributed by atoms with van der Waals surface area (Å²) in [5.41, 5.74) is 0.0938. The molecular weight excluding hydrogens is 462 g/mol. The number of ether oxygens (including phenoxy) is 3. The van der Waals surface area contributed by atoms with Gasteiger partial charge in [-0.25, -0.2) is 4.79 Å². The topological polar surface area (TPSA) is 102 Å². The average Bonchev–Trinajstić information content (AvgIpc) is 3.00. The van der Waals surface area contributed by atoms with E-state index in [-0.39, 0.29) is 29.1 Å². The number of hydrogen-bond acceptors (Lipinski definition) is 8. The molecule has 0 unspecified atom stereocenters. The van der Waals surface area contributed by atoms with E-state index in [1.54, 1.807) is 13.0 Å². The lowest BCUT2D eigenvalue weighted by Crippen LogP contribution is -2.48. The van der Waals surface area contributed by atoms with E-state index in [1.807, 2.05) is 27.7 Å². The van der Waals surface area contributed by atoms with E-state index in [9.17, 15) is 19.6 Å². The van der Waals surface area contributed by atoms with E-state index >= 15 is 0 Å². The summed E-state index contributed by atoms with van der Waals surface area (Å²) in [7, 11) is 2.74. The molecule has 1 N–H and O–H groups in total. The molecule has 0 bridgehead atoms. The first-order valence-corrected chi connectivity index (χ1v) is 12.9. The van der Waals surface area contributed by atoms with Crippen LogP contribution in [-0.2, 0) is 28.6 Å². The second-order valence-electron chi connectivity index (χ2n) is 10.6. The largest absolute Gasteiger partial charge is 0.489 e. The standard InChI is InChI=1S/C28H43NO7/c1-19-20(23(31)25(35-7)24(34-6)22(19)30)16-14-12-10-8-9-11-13-15-17-36-26(32)21-18-27(2,3)29(33)28(21,4)5/h18,33H,8-17H2,1-7H3. The highest BCUT2D eigenvalue weighted by Crippen LogP contribution is 2.38. The van der Waals surface area contributed by atoms with Crippen LogP contribution in [0.3, 0.4) is 0 Å². The van der Waals surface area contributed by atoms with Gasteiger partial charge in [0.1, 0.15) is 0 Å². The van der Waals surface area contributed by atoms with Crippen LogP contribution in [0.15, 0.2) is 34.3 Å². The third-order valence-electron chi connectivity index (χ3n) is 7.10. The lowest BCUT2D eigenvalue weighted by molar-refractivity contribution is -0.187. The monoisotopic (exact) mass is 505 g/mol. The number of rotatable bonds is 14. The van der Waals surface area contributed by atoms with Crippen molar-refractivity contribution < 1.29 is 33.8 Å². The van der Waals surface area contributed by atoms with Crippen molar-refractivity contribution in [2.45, 2.75) is 103 Å². The first-order chi connectivity index (χ1) is 16.9. The van der Waals surface area contributed by atoms with Gasteiger partial charge in [0, 0.05) is 11.1 Å². The Morgan fingerprint density at radius 2 is 1.36 bits per heavy atom. The molecule has 1 aliphatic carbocycles. The number of hydrogen-bond donors (Lipinski definition) is 1. The number of unbranched alkanes of at least 4 members (excludes halogenated alkanes) is 7. The third kappa shape index (κ3) is 6.65. The quantitative estimate of drug-likeness (QED) is 0.195. The maximum absolute atomic E-state index is 12.6. The van der Waals surface area contributed by atoms with Gasteiger partial charge in [-0.2, -0.15) is 5.06 Å². The molecule has 0 saturated carbocycles. The molecule has 0 radical (unpaired) electrons. The average molecular weight is 506 g/mol. The van der Waals surface area contributed by atoms with Crippen LogP contribution < -0.4 is 0 Å². The Morgan fingerprint density at radius 3 is 1.86 bits per heavy atom. The van der Waals surface area contributed by atoms with Gasteiger partial charge < -0.3 is 19.4 Å². The highest BCUT2D eigenvalue weighted by molar-refractivity contribution is 6.23. The molecule has 1 aliphatic heterocycles.